The topological polar surface area (TPSA) is 52.9 Å². The Kier molecular flexibility index (Phi) is 3.61. The van der Waals surface area contributed by atoms with E-state index in [-0.39, 0.29) is 5.91 Å². The lowest BCUT2D eigenvalue weighted by atomic mass is 9.69. The van der Waals surface area contributed by atoms with Crippen LogP contribution in [0.5, 0.6) is 0 Å². The first-order valence-corrected chi connectivity index (χ1v) is 6.82. The van der Waals surface area contributed by atoms with Gasteiger partial charge in [-0.3, -0.25) is 4.79 Å². The second kappa shape index (κ2) is 5.05. The third-order valence-electron chi connectivity index (χ3n) is 4.03. The third kappa shape index (κ3) is 2.49. The minimum absolute atomic E-state index is 0.148. The second-order valence-electron chi connectivity index (χ2n) is 5.73. The largest absolute Gasteiger partial charge is 0.324 e. The average Bonchev–Trinajstić information content (AvgIpc) is 2.31. The summed E-state index contributed by atoms with van der Waals surface area (Å²) in [5.74, 6) is 0.273. The van der Waals surface area contributed by atoms with Crippen molar-refractivity contribution in [2.24, 2.45) is 5.41 Å². The molecule has 3 nitrogen and oxygen atoms in total. The molecule has 0 aliphatic heterocycles. The Morgan fingerprint density at radius 3 is 2.58 bits per heavy atom. The van der Waals surface area contributed by atoms with Crippen molar-refractivity contribution in [3.8, 4) is 6.07 Å². The number of rotatable bonds is 3. The standard InChI is InChI=1S/C16H20N2O/c1-11(2)13-6-5-12(3)14(9-13)18-15(19)16(10-17)7-4-8-16/h5-6,9,11H,4,7-8H2,1-3H3,(H,18,19). The van der Waals surface area contributed by atoms with Crippen LogP contribution in [0.1, 0.15) is 50.2 Å². The van der Waals surface area contributed by atoms with Gasteiger partial charge in [0.1, 0.15) is 5.41 Å². The number of aryl methyl sites for hydroxylation is 1. The zero-order valence-corrected chi connectivity index (χ0v) is 11.8. The van der Waals surface area contributed by atoms with Gasteiger partial charge in [-0.25, -0.2) is 0 Å². The maximum Gasteiger partial charge on any atom is 0.244 e. The number of hydrogen-bond acceptors (Lipinski definition) is 2. The number of amides is 1. The third-order valence-corrected chi connectivity index (χ3v) is 4.03. The van der Waals surface area contributed by atoms with Crippen molar-refractivity contribution in [1.82, 2.24) is 0 Å². The molecule has 3 heteroatoms. The van der Waals surface area contributed by atoms with E-state index >= 15 is 0 Å². The molecule has 0 heterocycles. The number of carbonyl (C=O) groups excluding carboxylic acids is 1. The highest BCUT2D eigenvalue weighted by atomic mass is 16.2. The van der Waals surface area contributed by atoms with Crippen LogP contribution in [0, 0.1) is 23.7 Å². The molecule has 0 bridgehead atoms. The molecule has 1 N–H and O–H groups in total. The Hall–Kier alpha value is -1.82. The summed E-state index contributed by atoms with van der Waals surface area (Å²) >= 11 is 0. The zero-order chi connectivity index (χ0) is 14.0. The molecule has 0 spiro atoms. The molecule has 1 aromatic carbocycles. The van der Waals surface area contributed by atoms with Gasteiger partial charge in [-0.05, 0) is 49.3 Å². The molecule has 0 unspecified atom stereocenters. The quantitative estimate of drug-likeness (QED) is 0.895. The molecule has 0 radical (unpaired) electrons. The van der Waals surface area contributed by atoms with Crippen molar-refractivity contribution in [1.29, 1.82) is 5.26 Å². The summed E-state index contributed by atoms with van der Waals surface area (Å²) in [7, 11) is 0. The van der Waals surface area contributed by atoms with Crippen LogP contribution in [-0.2, 0) is 4.79 Å². The fourth-order valence-electron chi connectivity index (χ4n) is 2.30. The van der Waals surface area contributed by atoms with Crippen molar-refractivity contribution in [2.75, 3.05) is 5.32 Å². The van der Waals surface area contributed by atoms with Gasteiger partial charge in [-0.2, -0.15) is 5.26 Å². The molecule has 2 rings (SSSR count). The Balaban J connectivity index is 2.21. The Bertz CT molecular complexity index is 536. The van der Waals surface area contributed by atoms with Gasteiger partial charge in [-0.1, -0.05) is 26.0 Å². The Labute approximate surface area is 114 Å². The summed E-state index contributed by atoms with van der Waals surface area (Å²) < 4.78 is 0. The molecule has 0 aromatic heterocycles. The van der Waals surface area contributed by atoms with Crippen LogP contribution in [0.2, 0.25) is 0 Å². The van der Waals surface area contributed by atoms with Gasteiger partial charge in [0, 0.05) is 5.69 Å². The molecule has 1 fully saturated rings. The second-order valence-corrected chi connectivity index (χ2v) is 5.73. The number of nitrogens with one attached hydrogen (secondary N) is 1. The van der Waals surface area contributed by atoms with Crippen LogP contribution >= 0.6 is 0 Å². The highest BCUT2D eigenvalue weighted by molar-refractivity contribution is 5.98. The fourth-order valence-corrected chi connectivity index (χ4v) is 2.30. The minimum Gasteiger partial charge on any atom is -0.324 e. The number of carbonyl (C=O) groups is 1. The minimum atomic E-state index is -0.791. The molecule has 19 heavy (non-hydrogen) atoms. The lowest BCUT2D eigenvalue weighted by Crippen LogP contribution is -2.40. The van der Waals surface area contributed by atoms with Gasteiger partial charge in [-0.15, -0.1) is 0 Å². The van der Waals surface area contributed by atoms with Gasteiger partial charge in [0.15, 0.2) is 0 Å². The molecule has 1 amide bonds. The van der Waals surface area contributed by atoms with Gasteiger partial charge in [0.05, 0.1) is 6.07 Å². The van der Waals surface area contributed by atoms with E-state index in [9.17, 15) is 10.1 Å². The van der Waals surface area contributed by atoms with Crippen LogP contribution in [0.4, 0.5) is 5.69 Å². The van der Waals surface area contributed by atoms with E-state index in [1.54, 1.807) is 0 Å². The smallest absolute Gasteiger partial charge is 0.244 e. The summed E-state index contributed by atoms with van der Waals surface area (Å²) in [6.07, 6.45) is 2.32. The predicted octanol–water partition coefficient (Wildman–Crippen LogP) is 3.75. The summed E-state index contributed by atoms with van der Waals surface area (Å²) in [5.41, 5.74) is 2.27. The van der Waals surface area contributed by atoms with Gasteiger partial charge >= 0.3 is 0 Å². The van der Waals surface area contributed by atoms with E-state index in [0.29, 0.717) is 18.8 Å². The number of nitrogens with zero attached hydrogens (tertiary/aromatic N) is 1. The van der Waals surface area contributed by atoms with Crippen molar-refractivity contribution < 1.29 is 4.79 Å². The maximum atomic E-state index is 12.2. The average molecular weight is 256 g/mol. The highest BCUT2D eigenvalue weighted by Gasteiger charge is 2.44. The molecule has 1 aliphatic carbocycles. The van der Waals surface area contributed by atoms with E-state index < -0.39 is 5.41 Å². The Morgan fingerprint density at radius 1 is 1.42 bits per heavy atom. The molecule has 0 saturated heterocycles. The summed E-state index contributed by atoms with van der Waals surface area (Å²) in [6, 6.07) is 8.30. The number of hydrogen-bond donors (Lipinski definition) is 1. The van der Waals surface area contributed by atoms with Crippen molar-refractivity contribution in [3.05, 3.63) is 29.3 Å². The van der Waals surface area contributed by atoms with Crippen molar-refractivity contribution >= 4 is 11.6 Å². The summed E-state index contributed by atoms with van der Waals surface area (Å²) in [5, 5.41) is 12.1. The summed E-state index contributed by atoms with van der Waals surface area (Å²) in [6.45, 7) is 6.22. The normalized spacial score (nSPS) is 16.6. The first-order valence-electron chi connectivity index (χ1n) is 6.82. The van der Waals surface area contributed by atoms with E-state index in [4.69, 9.17) is 0 Å². The highest BCUT2D eigenvalue weighted by Crippen LogP contribution is 2.41. The number of nitriles is 1. The van der Waals surface area contributed by atoms with E-state index in [1.807, 2.05) is 19.1 Å². The van der Waals surface area contributed by atoms with Crippen LogP contribution in [0.15, 0.2) is 18.2 Å². The summed E-state index contributed by atoms with van der Waals surface area (Å²) in [4.78, 5) is 12.2. The molecular formula is C16H20N2O. The van der Waals surface area contributed by atoms with Crippen molar-refractivity contribution in [3.63, 3.8) is 0 Å². The van der Waals surface area contributed by atoms with Crippen molar-refractivity contribution in [2.45, 2.75) is 46.0 Å². The number of anilines is 1. The first-order chi connectivity index (χ1) is 8.98. The van der Waals surface area contributed by atoms with Crippen LogP contribution in [-0.4, -0.2) is 5.91 Å². The molecule has 1 saturated carbocycles. The molecular weight excluding hydrogens is 236 g/mol. The Morgan fingerprint density at radius 2 is 2.11 bits per heavy atom. The first kappa shape index (κ1) is 13.6. The molecule has 0 atom stereocenters. The fraction of sp³-hybridized carbons (Fsp3) is 0.500. The van der Waals surface area contributed by atoms with Crippen LogP contribution < -0.4 is 5.32 Å². The van der Waals surface area contributed by atoms with Gasteiger partial charge in [0.2, 0.25) is 5.91 Å². The van der Waals surface area contributed by atoms with Gasteiger partial charge in [0.25, 0.3) is 0 Å². The van der Waals surface area contributed by atoms with Crippen LogP contribution in [0.3, 0.4) is 0 Å². The predicted molar refractivity (Wildman–Crippen MR) is 75.8 cm³/mol. The maximum absolute atomic E-state index is 12.2. The SMILES string of the molecule is Cc1ccc(C(C)C)cc1NC(=O)C1(C#N)CCC1. The molecule has 1 aromatic rings. The van der Waals surface area contributed by atoms with E-state index in [1.165, 1.54) is 5.56 Å². The zero-order valence-electron chi connectivity index (χ0n) is 11.8. The van der Waals surface area contributed by atoms with Crippen LogP contribution in [0.25, 0.3) is 0 Å². The monoisotopic (exact) mass is 256 g/mol. The number of benzene rings is 1. The van der Waals surface area contributed by atoms with Gasteiger partial charge < -0.3 is 5.32 Å². The molecule has 1 aliphatic rings. The van der Waals surface area contributed by atoms with E-state index in [0.717, 1.165) is 17.7 Å². The molecule has 100 valence electrons. The lowest BCUT2D eigenvalue weighted by Gasteiger charge is -2.33. The van der Waals surface area contributed by atoms with E-state index in [2.05, 4.69) is 31.3 Å². The lowest BCUT2D eigenvalue weighted by molar-refractivity contribution is -0.126.